The average molecular weight is 269 g/mol. The van der Waals surface area contributed by atoms with Crippen LogP contribution in [0.1, 0.15) is 11.7 Å². The predicted molar refractivity (Wildman–Crippen MR) is 73.9 cm³/mol. The molecule has 0 saturated carbocycles. The molecule has 0 aromatic heterocycles. The maximum Gasteiger partial charge on any atom is 0.161 e. The maximum atomic E-state index is 10.2. The summed E-state index contributed by atoms with van der Waals surface area (Å²) in [5.74, 6) is 1.28. The minimum atomic E-state index is -0.568. The van der Waals surface area contributed by atoms with E-state index in [1.165, 1.54) is 0 Å². The summed E-state index contributed by atoms with van der Waals surface area (Å²) in [6.07, 6.45) is -0.568. The van der Waals surface area contributed by atoms with Crippen LogP contribution in [0.4, 0.5) is 0 Å². The Balaban J connectivity index is 2.68. The van der Waals surface area contributed by atoms with Crippen molar-refractivity contribution in [1.82, 2.24) is 4.90 Å². The van der Waals surface area contributed by atoms with Crippen LogP contribution in [0.25, 0.3) is 0 Å². The number of likely N-dealkylation sites (N-methyl/N-ethyl adjacent to an activating group) is 1. The molecule has 1 aromatic rings. The molecule has 5 nitrogen and oxygen atoms in total. The number of rotatable bonds is 8. The molecule has 19 heavy (non-hydrogen) atoms. The lowest BCUT2D eigenvalue weighted by atomic mass is 10.1. The third-order valence-corrected chi connectivity index (χ3v) is 2.95. The Hall–Kier alpha value is -1.30. The lowest BCUT2D eigenvalue weighted by Gasteiger charge is -2.21. The molecule has 0 amide bonds. The predicted octanol–water partition coefficient (Wildman–Crippen LogP) is 1.32. The Morgan fingerprint density at radius 1 is 1.16 bits per heavy atom. The first kappa shape index (κ1) is 15.8. The monoisotopic (exact) mass is 269 g/mol. The highest BCUT2D eigenvalue weighted by atomic mass is 16.5. The van der Waals surface area contributed by atoms with Gasteiger partial charge in [-0.15, -0.1) is 0 Å². The number of hydrogen-bond donors (Lipinski definition) is 1. The Labute approximate surface area is 114 Å². The molecule has 0 bridgehead atoms. The van der Waals surface area contributed by atoms with Gasteiger partial charge in [-0.05, 0) is 24.7 Å². The Morgan fingerprint density at radius 2 is 1.84 bits per heavy atom. The van der Waals surface area contributed by atoms with Gasteiger partial charge < -0.3 is 24.2 Å². The summed E-state index contributed by atoms with van der Waals surface area (Å²) in [6, 6.07) is 5.44. The third kappa shape index (κ3) is 4.70. The zero-order valence-corrected chi connectivity index (χ0v) is 12.0. The van der Waals surface area contributed by atoms with Crippen LogP contribution in [0.3, 0.4) is 0 Å². The third-order valence-electron chi connectivity index (χ3n) is 2.95. The average Bonchev–Trinajstić information content (AvgIpc) is 2.44. The quantitative estimate of drug-likeness (QED) is 0.771. The van der Waals surface area contributed by atoms with E-state index < -0.39 is 6.10 Å². The van der Waals surface area contributed by atoms with E-state index in [4.69, 9.17) is 14.2 Å². The van der Waals surface area contributed by atoms with E-state index in [2.05, 4.69) is 0 Å². The SMILES string of the molecule is COCCN(C)CC(O)c1ccc(OC)c(OC)c1. The summed E-state index contributed by atoms with van der Waals surface area (Å²) < 4.78 is 15.4. The molecule has 1 rings (SSSR count). The number of aliphatic hydroxyl groups is 1. The zero-order valence-electron chi connectivity index (χ0n) is 12.0. The first-order chi connectivity index (χ1) is 9.12. The molecule has 0 aliphatic heterocycles. The Morgan fingerprint density at radius 3 is 2.42 bits per heavy atom. The van der Waals surface area contributed by atoms with Gasteiger partial charge in [0.15, 0.2) is 11.5 Å². The van der Waals surface area contributed by atoms with Gasteiger partial charge in [0.05, 0.1) is 26.9 Å². The molecule has 0 spiro atoms. The summed E-state index contributed by atoms with van der Waals surface area (Å²) in [5, 5.41) is 10.2. The van der Waals surface area contributed by atoms with Crippen molar-refractivity contribution in [2.75, 3.05) is 48.1 Å². The van der Waals surface area contributed by atoms with Crippen LogP contribution in [-0.4, -0.2) is 58.1 Å². The van der Waals surface area contributed by atoms with Crippen LogP contribution >= 0.6 is 0 Å². The number of aliphatic hydroxyl groups excluding tert-OH is 1. The molecule has 0 fully saturated rings. The summed E-state index contributed by atoms with van der Waals surface area (Å²) >= 11 is 0. The van der Waals surface area contributed by atoms with Gasteiger partial charge in [0.25, 0.3) is 0 Å². The molecule has 5 heteroatoms. The second-order valence-corrected chi connectivity index (χ2v) is 4.39. The summed E-state index contributed by atoms with van der Waals surface area (Å²) in [5.41, 5.74) is 0.807. The van der Waals surface area contributed by atoms with Crippen molar-refractivity contribution in [1.29, 1.82) is 0 Å². The van der Waals surface area contributed by atoms with Crippen molar-refractivity contribution < 1.29 is 19.3 Å². The van der Waals surface area contributed by atoms with E-state index in [0.717, 1.165) is 12.1 Å². The van der Waals surface area contributed by atoms with Crippen LogP contribution < -0.4 is 9.47 Å². The van der Waals surface area contributed by atoms with Gasteiger partial charge in [-0.2, -0.15) is 0 Å². The normalized spacial score (nSPS) is 12.5. The standard InChI is InChI=1S/C14H23NO4/c1-15(7-8-17-2)10-12(16)11-5-6-13(18-3)14(9-11)19-4/h5-6,9,12,16H,7-8,10H2,1-4H3. The number of benzene rings is 1. The van der Waals surface area contributed by atoms with Gasteiger partial charge in [-0.25, -0.2) is 0 Å². The highest BCUT2D eigenvalue weighted by Crippen LogP contribution is 2.30. The van der Waals surface area contributed by atoms with Gasteiger partial charge in [-0.1, -0.05) is 6.07 Å². The van der Waals surface area contributed by atoms with Crippen molar-refractivity contribution >= 4 is 0 Å². The van der Waals surface area contributed by atoms with Crippen LogP contribution in [0.15, 0.2) is 18.2 Å². The molecule has 108 valence electrons. The number of ether oxygens (including phenoxy) is 3. The molecular formula is C14H23NO4. The molecule has 0 saturated heterocycles. The highest BCUT2D eigenvalue weighted by molar-refractivity contribution is 5.43. The number of hydrogen-bond acceptors (Lipinski definition) is 5. The highest BCUT2D eigenvalue weighted by Gasteiger charge is 2.13. The molecule has 1 aromatic carbocycles. The largest absolute Gasteiger partial charge is 0.493 e. The van der Waals surface area contributed by atoms with Gasteiger partial charge in [-0.3, -0.25) is 0 Å². The minimum Gasteiger partial charge on any atom is -0.493 e. The molecule has 0 aliphatic carbocycles. The molecule has 0 aliphatic rings. The number of methoxy groups -OCH3 is 3. The van der Waals surface area contributed by atoms with Crippen LogP contribution in [0.5, 0.6) is 11.5 Å². The van der Waals surface area contributed by atoms with Crippen molar-refractivity contribution in [3.8, 4) is 11.5 Å². The molecular weight excluding hydrogens is 246 g/mol. The van der Waals surface area contributed by atoms with E-state index in [0.29, 0.717) is 24.7 Å². The van der Waals surface area contributed by atoms with Crippen LogP contribution in [0.2, 0.25) is 0 Å². The fourth-order valence-electron chi connectivity index (χ4n) is 1.80. The lowest BCUT2D eigenvalue weighted by Crippen LogP contribution is -2.27. The summed E-state index contributed by atoms with van der Waals surface area (Å²) in [4.78, 5) is 2.02. The first-order valence-corrected chi connectivity index (χ1v) is 6.19. The Bertz CT molecular complexity index is 384. The molecule has 1 N–H and O–H groups in total. The smallest absolute Gasteiger partial charge is 0.161 e. The van der Waals surface area contributed by atoms with Crippen molar-refractivity contribution in [2.45, 2.75) is 6.10 Å². The van der Waals surface area contributed by atoms with E-state index in [1.54, 1.807) is 33.5 Å². The molecule has 0 heterocycles. The van der Waals surface area contributed by atoms with Gasteiger partial charge in [0.1, 0.15) is 0 Å². The van der Waals surface area contributed by atoms with Gasteiger partial charge in [0, 0.05) is 20.2 Å². The second-order valence-electron chi connectivity index (χ2n) is 4.39. The molecule has 1 atom stereocenters. The summed E-state index contributed by atoms with van der Waals surface area (Å²) in [7, 11) is 6.78. The van der Waals surface area contributed by atoms with Gasteiger partial charge in [0.2, 0.25) is 0 Å². The number of nitrogens with zero attached hydrogens (tertiary/aromatic N) is 1. The van der Waals surface area contributed by atoms with E-state index in [9.17, 15) is 5.11 Å². The van der Waals surface area contributed by atoms with Crippen molar-refractivity contribution in [2.24, 2.45) is 0 Å². The van der Waals surface area contributed by atoms with E-state index in [-0.39, 0.29) is 0 Å². The van der Waals surface area contributed by atoms with Crippen LogP contribution in [0, 0.1) is 0 Å². The van der Waals surface area contributed by atoms with E-state index >= 15 is 0 Å². The van der Waals surface area contributed by atoms with Crippen molar-refractivity contribution in [3.63, 3.8) is 0 Å². The lowest BCUT2D eigenvalue weighted by molar-refractivity contribution is 0.103. The van der Waals surface area contributed by atoms with Crippen LogP contribution in [-0.2, 0) is 4.74 Å². The van der Waals surface area contributed by atoms with Gasteiger partial charge >= 0.3 is 0 Å². The van der Waals surface area contributed by atoms with E-state index in [1.807, 2.05) is 18.0 Å². The zero-order chi connectivity index (χ0) is 14.3. The first-order valence-electron chi connectivity index (χ1n) is 6.19. The minimum absolute atomic E-state index is 0.541. The Kier molecular flexibility index (Phi) is 6.62. The molecule has 1 unspecified atom stereocenters. The maximum absolute atomic E-state index is 10.2. The fraction of sp³-hybridized carbons (Fsp3) is 0.571. The topological polar surface area (TPSA) is 51.2 Å². The molecule has 0 radical (unpaired) electrons. The van der Waals surface area contributed by atoms with Crippen molar-refractivity contribution in [3.05, 3.63) is 23.8 Å². The fourth-order valence-corrected chi connectivity index (χ4v) is 1.80. The summed E-state index contributed by atoms with van der Waals surface area (Å²) in [6.45, 7) is 1.97. The second kappa shape index (κ2) is 7.99.